The molecule has 0 aliphatic heterocycles. The lowest BCUT2D eigenvalue weighted by Gasteiger charge is -2.21. The van der Waals surface area contributed by atoms with Gasteiger partial charge in [0.2, 0.25) is 0 Å². The standard InChI is InChI=1S/C35H27N3/c1-9-11-13-15-17-25-21-30-31(22-26(25)18-16-14-12-10-2)38-27(24-34(3,4)5)23-29-28(33(38)37-30)19-20-32(36-29)35(6,7)8/h1-2,19-23H,24H2,3-8H3. The van der Waals surface area contributed by atoms with Crippen molar-refractivity contribution in [2.45, 2.75) is 53.4 Å². The molecule has 3 aromatic heterocycles. The van der Waals surface area contributed by atoms with Crippen LogP contribution in [0.4, 0.5) is 0 Å². The lowest BCUT2D eigenvalue weighted by atomic mass is 9.89. The van der Waals surface area contributed by atoms with Crippen molar-refractivity contribution >= 4 is 27.6 Å². The summed E-state index contributed by atoms with van der Waals surface area (Å²) in [5, 5.41) is 0.993. The van der Waals surface area contributed by atoms with Gasteiger partial charge in [-0.25, -0.2) is 4.98 Å². The Labute approximate surface area is 225 Å². The molecule has 3 heterocycles. The SMILES string of the molecule is C#CC#CC#Cc1cc2nc3c4ccc(C(C)(C)C)nc4cc(CC(C)(C)C)n3c2cc1C#CC#CC#C. The van der Waals surface area contributed by atoms with Crippen molar-refractivity contribution in [1.82, 2.24) is 14.4 Å². The highest BCUT2D eigenvalue weighted by Gasteiger charge is 2.21. The molecule has 0 saturated heterocycles. The molecular formula is C35H27N3. The lowest BCUT2D eigenvalue weighted by molar-refractivity contribution is 0.405. The van der Waals surface area contributed by atoms with Gasteiger partial charge in [-0.15, -0.1) is 12.8 Å². The van der Waals surface area contributed by atoms with Gasteiger partial charge in [0.25, 0.3) is 0 Å². The van der Waals surface area contributed by atoms with Crippen LogP contribution in [-0.4, -0.2) is 14.4 Å². The zero-order chi connectivity index (χ0) is 27.5. The molecule has 3 nitrogen and oxygen atoms in total. The fourth-order valence-electron chi connectivity index (χ4n) is 4.22. The Kier molecular flexibility index (Phi) is 6.94. The van der Waals surface area contributed by atoms with E-state index >= 15 is 0 Å². The molecule has 0 bridgehead atoms. The third-order valence-corrected chi connectivity index (χ3v) is 5.82. The first-order valence-electron chi connectivity index (χ1n) is 12.2. The monoisotopic (exact) mass is 489 g/mol. The zero-order valence-corrected chi connectivity index (χ0v) is 22.6. The molecule has 182 valence electrons. The summed E-state index contributed by atoms with van der Waals surface area (Å²) in [5.41, 5.74) is 7.11. The molecule has 0 aliphatic carbocycles. The molecule has 0 unspecified atom stereocenters. The molecule has 0 fully saturated rings. The van der Waals surface area contributed by atoms with Crippen LogP contribution in [0.5, 0.6) is 0 Å². The molecule has 38 heavy (non-hydrogen) atoms. The summed E-state index contributed by atoms with van der Waals surface area (Å²) in [5.74, 6) is 26.7. The molecule has 4 rings (SSSR count). The molecule has 3 heteroatoms. The molecule has 1 aromatic carbocycles. The van der Waals surface area contributed by atoms with Gasteiger partial charge in [-0.2, -0.15) is 0 Å². The number of terminal acetylenes is 2. The average molecular weight is 490 g/mol. The minimum atomic E-state index is -0.0591. The van der Waals surface area contributed by atoms with Crippen LogP contribution in [-0.2, 0) is 11.8 Å². The second kappa shape index (κ2) is 10.1. The van der Waals surface area contributed by atoms with E-state index < -0.39 is 0 Å². The maximum atomic E-state index is 5.24. The largest absolute Gasteiger partial charge is 0.296 e. The van der Waals surface area contributed by atoms with Crippen LogP contribution in [0.2, 0.25) is 0 Å². The van der Waals surface area contributed by atoms with E-state index in [0.717, 1.165) is 45.4 Å². The third-order valence-electron chi connectivity index (χ3n) is 5.82. The first-order chi connectivity index (χ1) is 18.0. The summed E-state index contributed by atoms with van der Waals surface area (Å²) in [6.07, 6.45) is 11.3. The maximum Gasteiger partial charge on any atom is 0.147 e. The van der Waals surface area contributed by atoms with Gasteiger partial charge in [0, 0.05) is 33.3 Å². The van der Waals surface area contributed by atoms with Gasteiger partial charge in [0.1, 0.15) is 5.65 Å². The number of hydrogen-bond acceptors (Lipinski definition) is 2. The van der Waals surface area contributed by atoms with E-state index in [1.807, 2.05) is 12.1 Å². The number of benzene rings is 1. The number of nitrogens with zero attached hydrogens (tertiary/aromatic N) is 3. The summed E-state index contributed by atoms with van der Waals surface area (Å²) >= 11 is 0. The molecule has 0 amide bonds. The van der Waals surface area contributed by atoms with Crippen molar-refractivity contribution in [3.8, 4) is 72.1 Å². The zero-order valence-electron chi connectivity index (χ0n) is 22.6. The van der Waals surface area contributed by atoms with E-state index in [-0.39, 0.29) is 10.8 Å². The van der Waals surface area contributed by atoms with Crippen LogP contribution >= 0.6 is 0 Å². The van der Waals surface area contributed by atoms with Gasteiger partial charge in [0.15, 0.2) is 0 Å². The van der Waals surface area contributed by atoms with Crippen LogP contribution in [0, 0.1) is 77.5 Å². The number of pyridine rings is 2. The first kappa shape index (κ1) is 26.0. The van der Waals surface area contributed by atoms with Gasteiger partial charge in [-0.05, 0) is 89.5 Å². The van der Waals surface area contributed by atoms with Crippen molar-refractivity contribution in [2.75, 3.05) is 0 Å². The number of aromatic nitrogens is 3. The minimum absolute atomic E-state index is 0.0490. The molecule has 0 spiro atoms. The summed E-state index contributed by atoms with van der Waals surface area (Å²) in [6, 6.07) is 10.4. The van der Waals surface area contributed by atoms with Crippen molar-refractivity contribution in [3.05, 3.63) is 52.8 Å². The summed E-state index contributed by atoms with van der Waals surface area (Å²) < 4.78 is 2.22. The van der Waals surface area contributed by atoms with Crippen LogP contribution in [0.3, 0.4) is 0 Å². The first-order valence-corrected chi connectivity index (χ1v) is 12.2. The molecule has 0 radical (unpaired) electrons. The predicted octanol–water partition coefficient (Wildman–Crippen LogP) is 5.90. The Bertz CT molecular complexity index is 1940. The normalized spacial score (nSPS) is 10.6. The Morgan fingerprint density at radius 2 is 1.37 bits per heavy atom. The van der Waals surface area contributed by atoms with E-state index in [2.05, 4.69) is 123 Å². The highest BCUT2D eigenvalue weighted by molar-refractivity contribution is 5.97. The summed E-state index contributed by atoms with van der Waals surface area (Å²) in [4.78, 5) is 10.1. The van der Waals surface area contributed by atoms with Gasteiger partial charge >= 0.3 is 0 Å². The Hall–Kier alpha value is -5.06. The van der Waals surface area contributed by atoms with Crippen LogP contribution < -0.4 is 0 Å². The lowest BCUT2D eigenvalue weighted by Crippen LogP contribution is -2.15. The molecular weight excluding hydrogens is 462 g/mol. The number of hydrogen-bond donors (Lipinski definition) is 0. The molecule has 0 aliphatic rings. The van der Waals surface area contributed by atoms with Crippen molar-refractivity contribution < 1.29 is 0 Å². The van der Waals surface area contributed by atoms with Crippen molar-refractivity contribution in [1.29, 1.82) is 0 Å². The van der Waals surface area contributed by atoms with Crippen LogP contribution in [0.1, 0.15) is 64.1 Å². The fourth-order valence-corrected chi connectivity index (χ4v) is 4.22. The van der Waals surface area contributed by atoms with E-state index in [1.54, 1.807) is 0 Å². The fraction of sp³-hybridized carbons (Fsp3) is 0.257. The Morgan fingerprint density at radius 1 is 0.737 bits per heavy atom. The summed E-state index contributed by atoms with van der Waals surface area (Å²) in [6.45, 7) is 13.2. The smallest absolute Gasteiger partial charge is 0.147 e. The second-order valence-corrected chi connectivity index (χ2v) is 11.2. The molecule has 4 aromatic rings. The van der Waals surface area contributed by atoms with E-state index in [0.29, 0.717) is 11.1 Å². The number of imidazole rings is 1. The van der Waals surface area contributed by atoms with Crippen molar-refractivity contribution in [3.63, 3.8) is 0 Å². The van der Waals surface area contributed by atoms with Gasteiger partial charge in [-0.3, -0.25) is 9.38 Å². The minimum Gasteiger partial charge on any atom is -0.296 e. The third kappa shape index (κ3) is 5.51. The number of rotatable bonds is 1. The van der Waals surface area contributed by atoms with Gasteiger partial charge in [0.05, 0.1) is 16.6 Å². The number of fused-ring (bicyclic) bond motifs is 5. The average Bonchev–Trinajstić information content (AvgIpc) is 3.21. The van der Waals surface area contributed by atoms with E-state index in [4.69, 9.17) is 22.8 Å². The van der Waals surface area contributed by atoms with Gasteiger partial charge in [-0.1, -0.05) is 53.4 Å². The quantitative estimate of drug-likeness (QED) is 0.312. The molecule has 0 saturated carbocycles. The second-order valence-electron chi connectivity index (χ2n) is 11.2. The maximum absolute atomic E-state index is 5.24. The highest BCUT2D eigenvalue weighted by atomic mass is 15.0. The molecule has 0 N–H and O–H groups in total. The predicted molar refractivity (Wildman–Crippen MR) is 157 cm³/mol. The van der Waals surface area contributed by atoms with Crippen molar-refractivity contribution in [2.24, 2.45) is 5.41 Å². The Morgan fingerprint density at radius 3 is 1.95 bits per heavy atom. The highest BCUT2D eigenvalue weighted by Crippen LogP contribution is 2.32. The van der Waals surface area contributed by atoms with Crippen LogP contribution in [0.25, 0.3) is 27.6 Å². The topological polar surface area (TPSA) is 30.2 Å². The Balaban J connectivity index is 2.10. The van der Waals surface area contributed by atoms with Crippen LogP contribution in [0.15, 0.2) is 30.3 Å². The van der Waals surface area contributed by atoms with Gasteiger partial charge < -0.3 is 0 Å². The van der Waals surface area contributed by atoms with E-state index in [1.165, 1.54) is 0 Å². The summed E-state index contributed by atoms with van der Waals surface area (Å²) in [7, 11) is 0. The van der Waals surface area contributed by atoms with E-state index in [9.17, 15) is 0 Å². The molecule has 0 atom stereocenters.